The van der Waals surface area contributed by atoms with E-state index >= 15 is 0 Å². The van der Waals surface area contributed by atoms with E-state index in [4.69, 9.17) is 15.2 Å². The summed E-state index contributed by atoms with van der Waals surface area (Å²) in [6.07, 6.45) is 0.812. The van der Waals surface area contributed by atoms with Crippen LogP contribution in [0.15, 0.2) is 17.0 Å². The molecule has 0 heterocycles. The predicted molar refractivity (Wildman–Crippen MR) is 77.9 cm³/mol. The van der Waals surface area contributed by atoms with Gasteiger partial charge in [-0.1, -0.05) is 6.92 Å². The van der Waals surface area contributed by atoms with E-state index in [1.165, 1.54) is 0 Å². The second-order valence-electron chi connectivity index (χ2n) is 3.74. The fourth-order valence-corrected chi connectivity index (χ4v) is 2.52. The number of nitrogens with two attached hydrogens (primary N) is 1. The molecule has 0 atom stereocenters. The highest BCUT2D eigenvalue weighted by molar-refractivity contribution is 7.99. The maximum absolute atomic E-state index is 5.69. The van der Waals surface area contributed by atoms with Crippen molar-refractivity contribution in [2.24, 2.45) is 5.73 Å². The first-order valence-corrected chi connectivity index (χ1v) is 7.50. The largest absolute Gasteiger partial charge is 0.494 e. The van der Waals surface area contributed by atoms with Crippen molar-refractivity contribution in [1.82, 2.24) is 0 Å². The van der Waals surface area contributed by atoms with Gasteiger partial charge in [0.25, 0.3) is 0 Å². The van der Waals surface area contributed by atoms with Gasteiger partial charge in [0.15, 0.2) is 0 Å². The number of hydrogen-bond acceptors (Lipinski definition) is 4. The molecule has 1 aromatic rings. The van der Waals surface area contributed by atoms with Crippen LogP contribution in [0, 0.1) is 0 Å². The average Bonchev–Trinajstić information content (AvgIpc) is 2.35. The van der Waals surface area contributed by atoms with Crippen LogP contribution in [0.2, 0.25) is 0 Å². The van der Waals surface area contributed by atoms with E-state index in [0.717, 1.165) is 34.1 Å². The van der Waals surface area contributed by atoms with Crippen LogP contribution in [0.3, 0.4) is 0 Å². The fourth-order valence-electron chi connectivity index (χ4n) is 1.76. The second kappa shape index (κ2) is 8.27. The topological polar surface area (TPSA) is 44.5 Å². The number of hydrogen-bond donors (Lipinski definition) is 1. The van der Waals surface area contributed by atoms with Crippen LogP contribution in [0.1, 0.15) is 26.3 Å². The minimum atomic E-state index is 0.617. The van der Waals surface area contributed by atoms with Crippen molar-refractivity contribution in [2.45, 2.75) is 32.1 Å². The molecule has 3 nitrogen and oxygen atoms in total. The smallest absolute Gasteiger partial charge is 0.133 e. The van der Waals surface area contributed by atoms with Crippen LogP contribution in [0.5, 0.6) is 11.5 Å². The Morgan fingerprint density at radius 1 is 1.06 bits per heavy atom. The van der Waals surface area contributed by atoms with Gasteiger partial charge in [-0.3, -0.25) is 0 Å². The van der Waals surface area contributed by atoms with Gasteiger partial charge in [0.05, 0.1) is 18.1 Å². The molecule has 2 N–H and O–H groups in total. The van der Waals surface area contributed by atoms with Crippen LogP contribution in [0.25, 0.3) is 0 Å². The molecule has 0 saturated carbocycles. The molecule has 0 fully saturated rings. The van der Waals surface area contributed by atoms with Gasteiger partial charge >= 0.3 is 0 Å². The van der Waals surface area contributed by atoms with E-state index in [0.29, 0.717) is 19.8 Å². The minimum absolute atomic E-state index is 0.617. The number of ether oxygens (including phenoxy) is 2. The molecule has 1 aromatic carbocycles. The van der Waals surface area contributed by atoms with Crippen molar-refractivity contribution in [3.63, 3.8) is 0 Å². The minimum Gasteiger partial charge on any atom is -0.494 e. The predicted octanol–water partition coefficient (Wildman–Crippen LogP) is 3.10. The molecule has 1 rings (SSSR count). The molecule has 18 heavy (non-hydrogen) atoms. The van der Waals surface area contributed by atoms with Crippen molar-refractivity contribution >= 4 is 11.8 Å². The summed E-state index contributed by atoms with van der Waals surface area (Å²) in [5.41, 5.74) is 6.77. The number of rotatable bonds is 8. The maximum atomic E-state index is 5.69. The molecule has 0 aliphatic heterocycles. The first-order chi connectivity index (χ1) is 8.76. The van der Waals surface area contributed by atoms with Crippen LogP contribution >= 0.6 is 11.8 Å². The lowest BCUT2D eigenvalue weighted by Gasteiger charge is -2.15. The quantitative estimate of drug-likeness (QED) is 0.737. The van der Waals surface area contributed by atoms with Crippen molar-refractivity contribution in [1.29, 1.82) is 0 Å². The molecule has 0 aliphatic rings. The highest BCUT2D eigenvalue weighted by Crippen LogP contribution is 2.36. The van der Waals surface area contributed by atoms with Gasteiger partial charge in [-0.15, -0.1) is 11.8 Å². The summed E-state index contributed by atoms with van der Waals surface area (Å²) in [6.45, 7) is 8.09. The third-order valence-corrected chi connectivity index (χ3v) is 3.36. The first-order valence-electron chi connectivity index (χ1n) is 6.52. The van der Waals surface area contributed by atoms with Crippen LogP contribution in [-0.2, 0) is 6.42 Å². The molecule has 0 bridgehead atoms. The average molecular weight is 269 g/mol. The van der Waals surface area contributed by atoms with Crippen molar-refractivity contribution in [3.05, 3.63) is 17.7 Å². The van der Waals surface area contributed by atoms with E-state index in [9.17, 15) is 0 Å². The Morgan fingerprint density at radius 3 is 2.28 bits per heavy atom. The molecule has 0 spiro atoms. The molecular formula is C14H23NO2S. The van der Waals surface area contributed by atoms with E-state index in [1.807, 2.05) is 13.8 Å². The lowest BCUT2D eigenvalue weighted by atomic mass is 10.1. The molecule has 0 aromatic heterocycles. The molecular weight excluding hydrogens is 246 g/mol. The van der Waals surface area contributed by atoms with Crippen molar-refractivity contribution in [3.8, 4) is 11.5 Å². The SMILES string of the molecule is CCOc1cc(SCC)c(OCC)cc1CCN. The molecule has 4 heteroatoms. The van der Waals surface area contributed by atoms with Gasteiger partial charge in [-0.2, -0.15) is 0 Å². The Kier molecular flexibility index (Phi) is 6.98. The first kappa shape index (κ1) is 15.2. The maximum Gasteiger partial charge on any atom is 0.133 e. The fraction of sp³-hybridized carbons (Fsp3) is 0.571. The number of thioether (sulfide) groups is 1. The summed E-state index contributed by atoms with van der Waals surface area (Å²) in [5, 5.41) is 0. The van der Waals surface area contributed by atoms with E-state index in [1.54, 1.807) is 11.8 Å². The monoisotopic (exact) mass is 269 g/mol. The molecule has 102 valence electrons. The lowest BCUT2D eigenvalue weighted by Crippen LogP contribution is -2.06. The van der Waals surface area contributed by atoms with E-state index < -0.39 is 0 Å². The summed E-state index contributed by atoms with van der Waals surface area (Å²) in [7, 11) is 0. The lowest BCUT2D eigenvalue weighted by molar-refractivity contribution is 0.321. The van der Waals surface area contributed by atoms with Gasteiger partial charge in [0.1, 0.15) is 11.5 Å². The Labute approximate surface area is 114 Å². The third-order valence-electron chi connectivity index (χ3n) is 2.44. The Bertz CT molecular complexity index is 303. The Morgan fingerprint density at radius 2 is 1.72 bits per heavy atom. The van der Waals surface area contributed by atoms with Gasteiger partial charge in [0, 0.05) is 0 Å². The zero-order chi connectivity index (χ0) is 13.4. The standard InChI is InChI=1S/C14H23NO2S/c1-4-16-12-10-14(18-6-3)13(17-5-2)9-11(12)7-8-15/h9-10H,4-8,15H2,1-3H3. The van der Waals surface area contributed by atoms with Gasteiger partial charge in [0.2, 0.25) is 0 Å². The zero-order valence-electron chi connectivity index (χ0n) is 11.5. The molecule has 0 unspecified atom stereocenters. The highest BCUT2D eigenvalue weighted by atomic mass is 32.2. The molecule has 0 saturated heterocycles. The van der Waals surface area contributed by atoms with Crippen LogP contribution in [0.4, 0.5) is 0 Å². The second-order valence-corrected chi connectivity index (χ2v) is 5.05. The summed E-state index contributed by atoms with van der Waals surface area (Å²) in [4.78, 5) is 1.14. The molecule has 0 aliphatic carbocycles. The molecule has 0 radical (unpaired) electrons. The summed E-state index contributed by atoms with van der Waals surface area (Å²) < 4.78 is 11.4. The van der Waals surface area contributed by atoms with Crippen molar-refractivity contribution < 1.29 is 9.47 Å². The Hall–Kier alpha value is -0.870. The van der Waals surface area contributed by atoms with Crippen LogP contribution < -0.4 is 15.2 Å². The third kappa shape index (κ3) is 4.10. The summed E-state index contributed by atoms with van der Waals surface area (Å²) in [5.74, 6) is 2.89. The molecule has 0 amide bonds. The highest BCUT2D eigenvalue weighted by Gasteiger charge is 2.11. The van der Waals surface area contributed by atoms with Gasteiger partial charge in [-0.25, -0.2) is 0 Å². The summed E-state index contributed by atoms with van der Waals surface area (Å²) >= 11 is 1.77. The zero-order valence-corrected chi connectivity index (χ0v) is 12.3. The summed E-state index contributed by atoms with van der Waals surface area (Å²) in [6, 6.07) is 4.15. The van der Waals surface area contributed by atoms with Crippen molar-refractivity contribution in [2.75, 3.05) is 25.5 Å². The normalized spacial score (nSPS) is 10.4. The Balaban J connectivity index is 3.11. The van der Waals surface area contributed by atoms with E-state index in [-0.39, 0.29) is 0 Å². The number of benzene rings is 1. The van der Waals surface area contributed by atoms with Gasteiger partial charge in [-0.05, 0) is 50.3 Å². The van der Waals surface area contributed by atoms with E-state index in [2.05, 4.69) is 19.1 Å². The van der Waals surface area contributed by atoms with Crippen LogP contribution in [-0.4, -0.2) is 25.5 Å². The van der Waals surface area contributed by atoms with Gasteiger partial charge < -0.3 is 15.2 Å².